The van der Waals surface area contributed by atoms with E-state index in [1.807, 2.05) is 0 Å². The van der Waals surface area contributed by atoms with Crippen molar-refractivity contribution in [3.8, 4) is 5.75 Å². The maximum atomic E-state index is 12.5. The van der Waals surface area contributed by atoms with E-state index in [2.05, 4.69) is 26.5 Å². The lowest BCUT2D eigenvalue weighted by Crippen LogP contribution is -2.25. The van der Waals surface area contributed by atoms with Crippen LogP contribution >= 0.6 is 0 Å². The molecule has 1 saturated heterocycles. The van der Waals surface area contributed by atoms with Gasteiger partial charge in [0.25, 0.3) is 0 Å². The van der Waals surface area contributed by atoms with Gasteiger partial charge in [0.05, 0.1) is 23.7 Å². The molecule has 1 aromatic carbocycles. The SMILES string of the molecule is CCCCOc1ccc(S(=O)(=O)NCc2ccnc(N3CCCC3)n2)cc1. The number of unbranched alkanes of at least 4 members (excludes halogenated alkanes) is 1. The molecule has 7 nitrogen and oxygen atoms in total. The summed E-state index contributed by atoms with van der Waals surface area (Å²) in [4.78, 5) is 11.1. The fourth-order valence-corrected chi connectivity index (χ4v) is 3.85. The standard InChI is InChI=1S/C19H26N4O3S/c1-2-3-14-26-17-6-8-18(9-7-17)27(24,25)21-15-16-10-11-20-19(22-16)23-12-4-5-13-23/h6-11,21H,2-5,12-15H2,1H3. The summed E-state index contributed by atoms with van der Waals surface area (Å²) in [6.07, 6.45) is 5.97. The highest BCUT2D eigenvalue weighted by Gasteiger charge is 2.17. The van der Waals surface area contributed by atoms with Gasteiger partial charge in [0, 0.05) is 19.3 Å². The van der Waals surface area contributed by atoms with E-state index in [4.69, 9.17) is 4.74 Å². The molecule has 0 unspecified atom stereocenters. The summed E-state index contributed by atoms with van der Waals surface area (Å²) in [5.74, 6) is 1.34. The summed E-state index contributed by atoms with van der Waals surface area (Å²) in [7, 11) is -3.61. The van der Waals surface area contributed by atoms with E-state index in [1.165, 1.54) is 0 Å². The smallest absolute Gasteiger partial charge is 0.240 e. The quantitative estimate of drug-likeness (QED) is 0.663. The minimum atomic E-state index is -3.61. The van der Waals surface area contributed by atoms with Gasteiger partial charge in [-0.25, -0.2) is 23.1 Å². The molecule has 0 atom stereocenters. The Labute approximate surface area is 160 Å². The van der Waals surface area contributed by atoms with Crippen LogP contribution in [0.15, 0.2) is 41.4 Å². The molecule has 8 heteroatoms. The monoisotopic (exact) mass is 390 g/mol. The van der Waals surface area contributed by atoms with Crippen LogP contribution in [0.3, 0.4) is 0 Å². The number of anilines is 1. The van der Waals surface area contributed by atoms with Gasteiger partial charge in [0.2, 0.25) is 16.0 Å². The van der Waals surface area contributed by atoms with Crippen LogP contribution in [-0.4, -0.2) is 38.1 Å². The molecule has 27 heavy (non-hydrogen) atoms. The van der Waals surface area contributed by atoms with E-state index >= 15 is 0 Å². The summed E-state index contributed by atoms with van der Waals surface area (Å²) in [6.45, 7) is 4.74. The molecule has 2 heterocycles. The summed E-state index contributed by atoms with van der Waals surface area (Å²) in [5.41, 5.74) is 0.648. The highest BCUT2D eigenvalue weighted by Crippen LogP contribution is 2.18. The zero-order chi connectivity index (χ0) is 19.1. The lowest BCUT2D eigenvalue weighted by Gasteiger charge is -2.15. The third kappa shape index (κ3) is 5.40. The van der Waals surface area contributed by atoms with Crippen molar-refractivity contribution >= 4 is 16.0 Å². The van der Waals surface area contributed by atoms with Crippen LogP contribution in [0, 0.1) is 0 Å². The Morgan fingerprint density at radius 1 is 1.15 bits per heavy atom. The van der Waals surface area contributed by atoms with Gasteiger partial charge in [-0.05, 0) is 49.6 Å². The number of aromatic nitrogens is 2. The number of hydrogen-bond donors (Lipinski definition) is 1. The van der Waals surface area contributed by atoms with Crippen LogP contribution in [0.2, 0.25) is 0 Å². The second kappa shape index (κ2) is 9.14. The lowest BCUT2D eigenvalue weighted by atomic mass is 10.3. The van der Waals surface area contributed by atoms with E-state index < -0.39 is 10.0 Å². The third-order valence-corrected chi connectivity index (χ3v) is 5.85. The normalized spacial score (nSPS) is 14.5. The van der Waals surface area contributed by atoms with Gasteiger partial charge in [0.1, 0.15) is 5.75 Å². The molecule has 0 spiro atoms. The van der Waals surface area contributed by atoms with Crippen LogP contribution in [0.5, 0.6) is 5.75 Å². The Hall–Kier alpha value is -2.19. The Morgan fingerprint density at radius 3 is 2.59 bits per heavy atom. The average molecular weight is 391 g/mol. The van der Waals surface area contributed by atoms with Crippen LogP contribution in [0.4, 0.5) is 5.95 Å². The van der Waals surface area contributed by atoms with Crippen molar-refractivity contribution in [2.24, 2.45) is 0 Å². The van der Waals surface area contributed by atoms with E-state index in [0.717, 1.165) is 38.8 Å². The van der Waals surface area contributed by atoms with Gasteiger partial charge in [-0.15, -0.1) is 0 Å². The first-order chi connectivity index (χ1) is 13.1. The topological polar surface area (TPSA) is 84.4 Å². The first-order valence-corrected chi connectivity index (χ1v) is 10.9. The minimum absolute atomic E-state index is 0.125. The Kier molecular flexibility index (Phi) is 6.63. The second-order valence-corrected chi connectivity index (χ2v) is 8.31. The predicted molar refractivity (Wildman–Crippen MR) is 104 cm³/mol. The summed E-state index contributed by atoms with van der Waals surface area (Å²) in [5, 5.41) is 0. The summed E-state index contributed by atoms with van der Waals surface area (Å²) >= 11 is 0. The molecule has 1 fully saturated rings. The van der Waals surface area contributed by atoms with E-state index in [-0.39, 0.29) is 11.4 Å². The molecule has 1 aliphatic heterocycles. The van der Waals surface area contributed by atoms with E-state index in [1.54, 1.807) is 36.5 Å². The van der Waals surface area contributed by atoms with Gasteiger partial charge in [-0.3, -0.25) is 0 Å². The van der Waals surface area contributed by atoms with Crippen LogP contribution in [0.1, 0.15) is 38.3 Å². The molecule has 0 saturated carbocycles. The molecule has 1 aliphatic rings. The van der Waals surface area contributed by atoms with Gasteiger partial charge >= 0.3 is 0 Å². The van der Waals surface area contributed by atoms with Crippen molar-refractivity contribution in [2.75, 3.05) is 24.6 Å². The molecule has 3 rings (SSSR count). The minimum Gasteiger partial charge on any atom is -0.494 e. The molecule has 0 bridgehead atoms. The maximum absolute atomic E-state index is 12.5. The van der Waals surface area contributed by atoms with Crippen molar-refractivity contribution in [1.29, 1.82) is 0 Å². The molecular weight excluding hydrogens is 364 g/mol. The van der Waals surface area contributed by atoms with Crippen molar-refractivity contribution in [3.05, 3.63) is 42.2 Å². The molecule has 146 valence electrons. The Bertz CT molecular complexity index is 834. The molecule has 1 aromatic heterocycles. The van der Waals surface area contributed by atoms with Crippen molar-refractivity contribution in [2.45, 2.75) is 44.0 Å². The first kappa shape index (κ1) is 19.6. The Morgan fingerprint density at radius 2 is 1.89 bits per heavy atom. The molecule has 0 amide bonds. The van der Waals surface area contributed by atoms with E-state index in [9.17, 15) is 8.42 Å². The van der Waals surface area contributed by atoms with E-state index in [0.29, 0.717) is 24.0 Å². The molecule has 1 N–H and O–H groups in total. The molecule has 0 aliphatic carbocycles. The number of rotatable bonds is 9. The first-order valence-electron chi connectivity index (χ1n) is 9.38. The van der Waals surface area contributed by atoms with Crippen molar-refractivity contribution in [1.82, 2.24) is 14.7 Å². The highest BCUT2D eigenvalue weighted by molar-refractivity contribution is 7.89. The summed E-state index contributed by atoms with van der Waals surface area (Å²) < 4.78 is 33.2. The molecular formula is C19H26N4O3S. The Balaban J connectivity index is 1.60. The third-order valence-electron chi connectivity index (χ3n) is 4.43. The fourth-order valence-electron chi connectivity index (χ4n) is 2.85. The zero-order valence-corrected chi connectivity index (χ0v) is 16.4. The van der Waals surface area contributed by atoms with Crippen LogP contribution in [0.25, 0.3) is 0 Å². The lowest BCUT2D eigenvalue weighted by molar-refractivity contribution is 0.309. The predicted octanol–water partition coefficient (Wildman–Crippen LogP) is 2.73. The molecule has 2 aromatic rings. The second-order valence-electron chi connectivity index (χ2n) is 6.54. The zero-order valence-electron chi connectivity index (χ0n) is 15.6. The summed E-state index contributed by atoms with van der Waals surface area (Å²) in [6, 6.07) is 8.20. The maximum Gasteiger partial charge on any atom is 0.240 e. The number of sulfonamides is 1. The van der Waals surface area contributed by atoms with Gasteiger partial charge in [-0.1, -0.05) is 13.3 Å². The van der Waals surface area contributed by atoms with Gasteiger partial charge in [-0.2, -0.15) is 0 Å². The number of nitrogens with one attached hydrogen (secondary N) is 1. The number of ether oxygens (including phenoxy) is 1. The average Bonchev–Trinajstić information content (AvgIpc) is 3.22. The van der Waals surface area contributed by atoms with Crippen molar-refractivity contribution in [3.63, 3.8) is 0 Å². The number of nitrogens with zero attached hydrogens (tertiary/aromatic N) is 3. The largest absolute Gasteiger partial charge is 0.494 e. The highest BCUT2D eigenvalue weighted by atomic mass is 32.2. The number of hydrogen-bond acceptors (Lipinski definition) is 6. The molecule has 0 radical (unpaired) electrons. The van der Waals surface area contributed by atoms with Gasteiger partial charge in [0.15, 0.2) is 0 Å². The van der Waals surface area contributed by atoms with Crippen LogP contribution < -0.4 is 14.4 Å². The van der Waals surface area contributed by atoms with Crippen molar-refractivity contribution < 1.29 is 13.2 Å². The fraction of sp³-hybridized carbons (Fsp3) is 0.474. The number of benzene rings is 1. The van der Waals surface area contributed by atoms with Gasteiger partial charge < -0.3 is 9.64 Å². The van der Waals surface area contributed by atoms with Crippen LogP contribution in [-0.2, 0) is 16.6 Å².